The van der Waals surface area contributed by atoms with E-state index < -0.39 is 24.1 Å². The average Bonchev–Trinajstić information content (AvgIpc) is 2.66. The standard InChI is InChI=1S/C21H18BrNO6/c1-12-3-6-17(16(22)7-12)23-19(24)10-28-21(26)11-27-14-4-5-15-13(2)8-20(25)29-18(15)9-14/h3-9H,10-11H2,1-2H3,(H,23,24). The first kappa shape index (κ1) is 20.6. The van der Waals surface area contributed by atoms with Crippen LogP contribution in [-0.2, 0) is 14.3 Å². The average molecular weight is 460 g/mol. The van der Waals surface area contributed by atoms with Crippen LogP contribution in [0.5, 0.6) is 5.75 Å². The number of hydrogen-bond acceptors (Lipinski definition) is 6. The first-order valence-electron chi connectivity index (χ1n) is 8.71. The summed E-state index contributed by atoms with van der Waals surface area (Å²) in [6.07, 6.45) is 0. The van der Waals surface area contributed by atoms with Crippen LogP contribution in [-0.4, -0.2) is 25.1 Å². The quantitative estimate of drug-likeness (QED) is 0.445. The third-order valence-corrected chi connectivity index (χ3v) is 4.70. The Hall–Kier alpha value is -3.13. The molecule has 7 nitrogen and oxygen atoms in total. The number of carbonyl (C=O) groups is 2. The van der Waals surface area contributed by atoms with Crippen molar-refractivity contribution >= 4 is 44.5 Å². The maximum absolute atomic E-state index is 11.9. The van der Waals surface area contributed by atoms with Gasteiger partial charge < -0.3 is 19.2 Å². The Balaban J connectivity index is 1.51. The zero-order chi connectivity index (χ0) is 21.0. The Morgan fingerprint density at radius 3 is 2.62 bits per heavy atom. The molecule has 0 aliphatic heterocycles. The van der Waals surface area contributed by atoms with Crippen molar-refractivity contribution in [2.45, 2.75) is 13.8 Å². The SMILES string of the molecule is Cc1ccc(NC(=O)COC(=O)COc2ccc3c(C)cc(=O)oc3c2)c(Br)c1. The van der Waals surface area contributed by atoms with Gasteiger partial charge in [-0.25, -0.2) is 9.59 Å². The molecular formula is C21H18BrNO6. The number of hydrogen-bond donors (Lipinski definition) is 1. The minimum Gasteiger partial charge on any atom is -0.482 e. The topological polar surface area (TPSA) is 94.8 Å². The Bertz CT molecular complexity index is 1140. The van der Waals surface area contributed by atoms with Crippen LogP contribution in [0.1, 0.15) is 11.1 Å². The zero-order valence-electron chi connectivity index (χ0n) is 15.8. The molecule has 0 aliphatic carbocycles. The second-order valence-electron chi connectivity index (χ2n) is 6.39. The molecule has 0 atom stereocenters. The molecule has 1 heterocycles. The lowest BCUT2D eigenvalue weighted by Gasteiger charge is -2.10. The highest BCUT2D eigenvalue weighted by Gasteiger charge is 2.11. The molecule has 1 amide bonds. The van der Waals surface area contributed by atoms with E-state index in [1.807, 2.05) is 19.1 Å². The van der Waals surface area contributed by atoms with E-state index in [-0.39, 0.29) is 6.61 Å². The van der Waals surface area contributed by atoms with Crippen molar-refractivity contribution < 1.29 is 23.5 Å². The van der Waals surface area contributed by atoms with Crippen molar-refractivity contribution in [2.75, 3.05) is 18.5 Å². The van der Waals surface area contributed by atoms with Crippen LogP contribution in [0, 0.1) is 13.8 Å². The van der Waals surface area contributed by atoms with Gasteiger partial charge >= 0.3 is 11.6 Å². The van der Waals surface area contributed by atoms with Crippen LogP contribution in [0.3, 0.4) is 0 Å². The lowest BCUT2D eigenvalue weighted by Crippen LogP contribution is -2.23. The van der Waals surface area contributed by atoms with Gasteiger partial charge in [-0.05, 0) is 65.2 Å². The van der Waals surface area contributed by atoms with E-state index in [1.165, 1.54) is 12.1 Å². The largest absolute Gasteiger partial charge is 0.482 e. The third-order valence-electron chi connectivity index (χ3n) is 4.04. The summed E-state index contributed by atoms with van der Waals surface area (Å²) in [5.74, 6) is -0.823. The lowest BCUT2D eigenvalue weighted by atomic mass is 10.1. The molecule has 3 rings (SSSR count). The molecule has 2 aromatic carbocycles. The van der Waals surface area contributed by atoms with Crippen LogP contribution in [0.15, 0.2) is 56.1 Å². The summed E-state index contributed by atoms with van der Waals surface area (Å²) in [4.78, 5) is 35.3. The second-order valence-corrected chi connectivity index (χ2v) is 7.24. The maximum Gasteiger partial charge on any atom is 0.344 e. The number of nitrogens with one attached hydrogen (secondary N) is 1. The molecule has 0 radical (unpaired) electrons. The van der Waals surface area contributed by atoms with Gasteiger partial charge in [0.1, 0.15) is 11.3 Å². The van der Waals surface area contributed by atoms with Gasteiger partial charge in [0.25, 0.3) is 5.91 Å². The van der Waals surface area contributed by atoms with Gasteiger partial charge in [0.05, 0.1) is 5.69 Å². The molecule has 150 valence electrons. The molecule has 29 heavy (non-hydrogen) atoms. The molecule has 1 aromatic heterocycles. The Kier molecular flexibility index (Phi) is 6.33. The normalized spacial score (nSPS) is 10.6. The van der Waals surface area contributed by atoms with Gasteiger partial charge in [-0.1, -0.05) is 6.07 Å². The fourth-order valence-corrected chi connectivity index (χ4v) is 3.23. The number of amides is 1. The highest BCUT2D eigenvalue weighted by molar-refractivity contribution is 9.10. The second kappa shape index (κ2) is 8.91. The van der Waals surface area contributed by atoms with E-state index in [2.05, 4.69) is 21.2 Å². The minimum atomic E-state index is -0.700. The van der Waals surface area contributed by atoms with E-state index >= 15 is 0 Å². The van der Waals surface area contributed by atoms with Gasteiger partial charge in [0, 0.05) is 22.0 Å². The summed E-state index contributed by atoms with van der Waals surface area (Å²) < 4.78 is 16.2. The molecule has 3 aromatic rings. The van der Waals surface area contributed by atoms with E-state index in [0.29, 0.717) is 17.0 Å². The Morgan fingerprint density at radius 2 is 1.86 bits per heavy atom. The summed E-state index contributed by atoms with van der Waals surface area (Å²) in [6, 6.07) is 11.8. The summed E-state index contributed by atoms with van der Waals surface area (Å²) in [5, 5.41) is 3.43. The fourth-order valence-electron chi connectivity index (χ4n) is 2.63. The van der Waals surface area contributed by atoms with Crippen LogP contribution < -0.4 is 15.7 Å². The minimum absolute atomic E-state index is 0.344. The number of rotatable bonds is 6. The summed E-state index contributed by atoms with van der Waals surface area (Å²) in [5.41, 5.74) is 2.32. The molecule has 0 aliphatic rings. The monoisotopic (exact) mass is 459 g/mol. The number of carbonyl (C=O) groups excluding carboxylic acids is 2. The molecule has 8 heteroatoms. The van der Waals surface area contributed by atoms with Crippen LogP contribution in [0.25, 0.3) is 11.0 Å². The molecule has 0 spiro atoms. The molecular weight excluding hydrogens is 442 g/mol. The van der Waals surface area contributed by atoms with Gasteiger partial charge in [0.2, 0.25) is 0 Å². The predicted molar refractivity (Wildman–Crippen MR) is 111 cm³/mol. The van der Waals surface area contributed by atoms with Crippen molar-refractivity contribution in [1.82, 2.24) is 0 Å². The van der Waals surface area contributed by atoms with E-state index in [0.717, 1.165) is 21.0 Å². The van der Waals surface area contributed by atoms with Crippen LogP contribution in [0.2, 0.25) is 0 Å². The van der Waals surface area contributed by atoms with Crippen LogP contribution >= 0.6 is 15.9 Å². The smallest absolute Gasteiger partial charge is 0.344 e. The summed E-state index contributed by atoms with van der Waals surface area (Å²) >= 11 is 3.36. The van der Waals surface area contributed by atoms with Crippen molar-refractivity contribution in [1.29, 1.82) is 0 Å². The van der Waals surface area contributed by atoms with Crippen molar-refractivity contribution in [2.24, 2.45) is 0 Å². The fraction of sp³-hybridized carbons (Fsp3) is 0.190. The maximum atomic E-state index is 11.9. The van der Waals surface area contributed by atoms with E-state index in [9.17, 15) is 14.4 Å². The van der Waals surface area contributed by atoms with Gasteiger partial charge in [-0.2, -0.15) is 0 Å². The van der Waals surface area contributed by atoms with Gasteiger partial charge in [-0.15, -0.1) is 0 Å². The number of fused-ring (bicyclic) bond motifs is 1. The number of benzene rings is 2. The van der Waals surface area contributed by atoms with Crippen molar-refractivity contribution in [3.05, 3.63) is 68.5 Å². The van der Waals surface area contributed by atoms with Crippen LogP contribution in [0.4, 0.5) is 5.69 Å². The third kappa shape index (κ3) is 5.45. The number of aryl methyl sites for hydroxylation is 2. The number of ether oxygens (including phenoxy) is 2. The van der Waals surface area contributed by atoms with Gasteiger partial charge in [-0.3, -0.25) is 4.79 Å². The highest BCUT2D eigenvalue weighted by Crippen LogP contribution is 2.23. The number of anilines is 1. The lowest BCUT2D eigenvalue weighted by molar-refractivity contribution is -0.149. The van der Waals surface area contributed by atoms with Gasteiger partial charge in [0.15, 0.2) is 13.2 Å². The molecule has 0 fully saturated rings. The van der Waals surface area contributed by atoms with Crippen molar-refractivity contribution in [3.8, 4) is 5.75 Å². The molecule has 0 saturated heterocycles. The Labute approximate surface area is 174 Å². The van der Waals surface area contributed by atoms with Crippen molar-refractivity contribution in [3.63, 3.8) is 0 Å². The van der Waals surface area contributed by atoms with E-state index in [1.54, 1.807) is 25.1 Å². The number of esters is 1. The number of halogens is 1. The predicted octanol–water partition coefficient (Wildman–Crippen LogP) is 3.73. The zero-order valence-corrected chi connectivity index (χ0v) is 17.4. The first-order chi connectivity index (χ1) is 13.8. The molecule has 1 N–H and O–H groups in total. The molecule has 0 bridgehead atoms. The Morgan fingerprint density at radius 1 is 1.07 bits per heavy atom. The summed E-state index contributed by atoms with van der Waals surface area (Å²) in [6.45, 7) is 2.91. The highest BCUT2D eigenvalue weighted by atomic mass is 79.9. The summed E-state index contributed by atoms with van der Waals surface area (Å²) in [7, 11) is 0. The first-order valence-corrected chi connectivity index (χ1v) is 9.50. The molecule has 0 unspecified atom stereocenters. The van der Waals surface area contributed by atoms with E-state index in [4.69, 9.17) is 13.9 Å². The molecule has 0 saturated carbocycles.